The Labute approximate surface area is 133 Å². The van der Waals surface area contributed by atoms with E-state index in [2.05, 4.69) is 0 Å². The van der Waals surface area contributed by atoms with Crippen LogP contribution in [0.1, 0.15) is 28.9 Å². The Balaban J connectivity index is 2.21. The maximum absolute atomic E-state index is 13.0. The quantitative estimate of drug-likeness (QED) is 0.807. The zero-order chi connectivity index (χ0) is 15.7. The second-order valence-electron chi connectivity index (χ2n) is 5.21. The van der Waals surface area contributed by atoms with Crippen LogP contribution in [0, 0.1) is 0 Å². The number of benzene rings is 1. The van der Waals surface area contributed by atoms with Crippen LogP contribution < -0.4 is 0 Å². The molecule has 0 unspecified atom stereocenters. The van der Waals surface area contributed by atoms with E-state index in [1.54, 1.807) is 12.1 Å². The molecule has 2 aromatic rings. The lowest BCUT2D eigenvalue weighted by Gasteiger charge is -2.26. The summed E-state index contributed by atoms with van der Waals surface area (Å²) in [5, 5.41) is 0.596. The Hall–Kier alpha value is -1.44. The number of ether oxygens (including phenoxy) is 1. The molecule has 0 amide bonds. The largest absolute Gasteiger partial charge is 0.465 e. The number of sulfonamides is 1. The van der Waals surface area contributed by atoms with E-state index in [1.807, 2.05) is 12.1 Å². The van der Waals surface area contributed by atoms with Crippen LogP contribution in [0.3, 0.4) is 0 Å². The van der Waals surface area contributed by atoms with E-state index in [0.29, 0.717) is 18.5 Å². The third-order valence-corrected chi connectivity index (χ3v) is 7.10. The van der Waals surface area contributed by atoms with Gasteiger partial charge in [0.15, 0.2) is 0 Å². The van der Waals surface area contributed by atoms with Crippen molar-refractivity contribution < 1.29 is 17.9 Å². The number of nitrogens with zero attached hydrogens (tertiary/aromatic N) is 1. The highest BCUT2D eigenvalue weighted by molar-refractivity contribution is 7.89. The van der Waals surface area contributed by atoms with E-state index in [0.717, 1.165) is 24.0 Å². The average Bonchev–Trinajstić information content (AvgIpc) is 2.95. The van der Waals surface area contributed by atoms with Gasteiger partial charge in [-0.05, 0) is 18.9 Å². The molecule has 1 saturated heterocycles. The first-order valence-corrected chi connectivity index (χ1v) is 9.41. The van der Waals surface area contributed by atoms with Crippen molar-refractivity contribution in [3.05, 3.63) is 29.1 Å². The smallest absolute Gasteiger partial charge is 0.349 e. The van der Waals surface area contributed by atoms with Crippen LogP contribution >= 0.6 is 11.3 Å². The van der Waals surface area contributed by atoms with Gasteiger partial charge in [0.05, 0.1) is 7.11 Å². The number of piperidine rings is 1. The Kier molecular flexibility index (Phi) is 4.20. The number of methoxy groups -OCH3 is 1. The Morgan fingerprint density at radius 2 is 1.86 bits per heavy atom. The van der Waals surface area contributed by atoms with E-state index >= 15 is 0 Å². The molecule has 1 aromatic carbocycles. The highest BCUT2D eigenvalue weighted by atomic mass is 32.2. The molecule has 0 saturated carbocycles. The monoisotopic (exact) mass is 339 g/mol. The number of esters is 1. The van der Waals surface area contributed by atoms with Crippen molar-refractivity contribution in [3.8, 4) is 0 Å². The minimum Gasteiger partial charge on any atom is -0.465 e. The van der Waals surface area contributed by atoms with Crippen LogP contribution in [-0.2, 0) is 14.8 Å². The molecule has 0 aliphatic carbocycles. The predicted octanol–water partition coefficient (Wildman–Crippen LogP) is 2.86. The van der Waals surface area contributed by atoms with Crippen LogP contribution in [0.15, 0.2) is 29.2 Å². The molecule has 1 aliphatic heterocycles. The molecule has 0 N–H and O–H groups in total. The third-order valence-electron chi connectivity index (χ3n) is 3.83. The van der Waals surface area contributed by atoms with E-state index in [4.69, 9.17) is 4.74 Å². The number of hydrogen-bond donors (Lipinski definition) is 0. The van der Waals surface area contributed by atoms with Crippen molar-refractivity contribution >= 4 is 37.4 Å². The number of fused-ring (bicyclic) bond motifs is 1. The molecule has 1 aliphatic rings. The van der Waals surface area contributed by atoms with Crippen LogP contribution in [0.4, 0.5) is 0 Å². The molecule has 0 radical (unpaired) electrons. The van der Waals surface area contributed by atoms with Crippen LogP contribution in [0.5, 0.6) is 0 Å². The van der Waals surface area contributed by atoms with Crippen LogP contribution in [0.2, 0.25) is 0 Å². The molecular weight excluding hydrogens is 322 g/mol. The number of rotatable bonds is 3. The van der Waals surface area contributed by atoms with E-state index < -0.39 is 16.0 Å². The topological polar surface area (TPSA) is 63.7 Å². The third kappa shape index (κ3) is 2.53. The molecule has 1 aromatic heterocycles. The fourth-order valence-corrected chi connectivity index (χ4v) is 6.03. The zero-order valence-electron chi connectivity index (χ0n) is 12.2. The lowest BCUT2D eigenvalue weighted by atomic mass is 10.2. The highest BCUT2D eigenvalue weighted by Gasteiger charge is 2.34. The molecule has 1 fully saturated rings. The number of hydrogen-bond acceptors (Lipinski definition) is 5. The summed E-state index contributed by atoms with van der Waals surface area (Å²) >= 11 is 1.17. The van der Waals surface area contributed by atoms with Gasteiger partial charge in [-0.25, -0.2) is 13.2 Å². The van der Waals surface area contributed by atoms with Gasteiger partial charge < -0.3 is 4.74 Å². The second kappa shape index (κ2) is 5.98. The fourth-order valence-electron chi connectivity index (χ4n) is 2.74. The van der Waals surface area contributed by atoms with Gasteiger partial charge >= 0.3 is 5.97 Å². The van der Waals surface area contributed by atoms with E-state index in [-0.39, 0.29) is 9.77 Å². The van der Waals surface area contributed by atoms with Crippen molar-refractivity contribution in [3.63, 3.8) is 0 Å². The van der Waals surface area contributed by atoms with Crippen molar-refractivity contribution in [1.29, 1.82) is 0 Å². The minimum absolute atomic E-state index is 0.0989. The number of carbonyl (C=O) groups is 1. The summed E-state index contributed by atoms with van der Waals surface area (Å²) in [5.41, 5.74) is 0. The Bertz CT molecular complexity index is 804. The summed E-state index contributed by atoms with van der Waals surface area (Å²) in [5.74, 6) is -0.600. The van der Waals surface area contributed by atoms with Crippen molar-refractivity contribution in [2.45, 2.75) is 24.2 Å². The molecule has 5 nitrogen and oxygen atoms in total. The SMILES string of the molecule is COC(=O)c1sc2ccccc2c1S(=O)(=O)N1CCCCC1. The van der Waals surface area contributed by atoms with Gasteiger partial charge in [-0.15, -0.1) is 11.3 Å². The summed E-state index contributed by atoms with van der Waals surface area (Å²) in [6, 6.07) is 7.18. The van der Waals surface area contributed by atoms with Gasteiger partial charge in [0.25, 0.3) is 0 Å². The van der Waals surface area contributed by atoms with E-state index in [1.165, 1.54) is 22.8 Å². The molecule has 2 heterocycles. The highest BCUT2D eigenvalue weighted by Crippen LogP contribution is 2.37. The first kappa shape index (κ1) is 15.5. The van der Waals surface area contributed by atoms with Crippen molar-refractivity contribution in [2.24, 2.45) is 0 Å². The number of carbonyl (C=O) groups excluding carboxylic acids is 1. The zero-order valence-corrected chi connectivity index (χ0v) is 13.9. The van der Waals surface area contributed by atoms with E-state index in [9.17, 15) is 13.2 Å². The van der Waals surface area contributed by atoms with Gasteiger partial charge in [0.1, 0.15) is 9.77 Å². The normalized spacial score (nSPS) is 16.8. The van der Waals surface area contributed by atoms with Gasteiger partial charge in [-0.1, -0.05) is 24.6 Å². The molecule has 0 atom stereocenters. The van der Waals surface area contributed by atoms with Crippen LogP contribution in [-0.4, -0.2) is 38.9 Å². The first-order chi connectivity index (χ1) is 10.6. The van der Waals surface area contributed by atoms with Gasteiger partial charge in [0.2, 0.25) is 10.0 Å². The summed E-state index contributed by atoms with van der Waals surface area (Å²) in [7, 11) is -2.42. The van der Waals surface area contributed by atoms with Gasteiger partial charge in [-0.2, -0.15) is 4.31 Å². The molecule has 7 heteroatoms. The first-order valence-electron chi connectivity index (χ1n) is 7.15. The molecule has 22 heavy (non-hydrogen) atoms. The summed E-state index contributed by atoms with van der Waals surface area (Å²) in [4.78, 5) is 12.3. The average molecular weight is 339 g/mol. The van der Waals surface area contributed by atoms with Crippen LogP contribution in [0.25, 0.3) is 10.1 Å². The summed E-state index contributed by atoms with van der Waals surface area (Å²) in [6.07, 6.45) is 2.75. The summed E-state index contributed by atoms with van der Waals surface area (Å²) in [6.45, 7) is 1.01. The minimum atomic E-state index is -3.69. The Morgan fingerprint density at radius 3 is 2.55 bits per heavy atom. The second-order valence-corrected chi connectivity index (χ2v) is 8.14. The molecule has 0 bridgehead atoms. The lowest BCUT2D eigenvalue weighted by Crippen LogP contribution is -2.36. The molecule has 3 rings (SSSR count). The maximum Gasteiger partial charge on any atom is 0.349 e. The number of thiophene rings is 1. The molecular formula is C15H17NO4S2. The van der Waals surface area contributed by atoms with Crippen molar-refractivity contribution in [1.82, 2.24) is 4.31 Å². The molecule has 118 valence electrons. The standard InChI is InChI=1S/C15H17NO4S2/c1-20-15(17)13-14(11-7-3-4-8-12(11)21-13)22(18,19)16-9-5-2-6-10-16/h3-4,7-8H,2,5-6,9-10H2,1H3. The maximum atomic E-state index is 13.0. The molecule has 0 spiro atoms. The van der Waals surface area contributed by atoms with Gasteiger partial charge in [0, 0.05) is 23.2 Å². The van der Waals surface area contributed by atoms with Gasteiger partial charge in [-0.3, -0.25) is 0 Å². The summed E-state index contributed by atoms with van der Waals surface area (Å²) < 4.78 is 33.1. The van der Waals surface area contributed by atoms with Crippen molar-refractivity contribution in [2.75, 3.05) is 20.2 Å². The Morgan fingerprint density at radius 1 is 1.18 bits per heavy atom. The lowest BCUT2D eigenvalue weighted by molar-refractivity contribution is 0.0602. The fraction of sp³-hybridized carbons (Fsp3) is 0.400. The predicted molar refractivity (Wildman–Crippen MR) is 85.8 cm³/mol.